The van der Waals surface area contributed by atoms with Crippen molar-refractivity contribution in [3.8, 4) is 0 Å². The molecular weight excluding hydrogens is 258 g/mol. The third-order valence-corrected chi connectivity index (χ3v) is 4.82. The first-order chi connectivity index (χ1) is 8.20. The summed E-state index contributed by atoms with van der Waals surface area (Å²) in [6, 6.07) is 0.581. The Hall–Kier alpha value is -0.820. The lowest BCUT2D eigenvalue weighted by Gasteiger charge is -1.99. The predicted octanol–water partition coefficient (Wildman–Crippen LogP) is 1.91. The third kappa shape index (κ3) is 2.71. The Bertz CT molecular complexity index is 433. The van der Waals surface area contributed by atoms with Crippen LogP contribution in [0.3, 0.4) is 0 Å². The molecule has 0 spiro atoms. The molecule has 2 fully saturated rings. The molecule has 1 aromatic heterocycles. The quantitative estimate of drug-likeness (QED) is 0.844. The molecule has 0 bridgehead atoms. The highest BCUT2D eigenvalue weighted by Gasteiger charge is 2.33. The zero-order valence-electron chi connectivity index (χ0n) is 9.38. The minimum absolute atomic E-state index is 0.0250. The van der Waals surface area contributed by atoms with Gasteiger partial charge in [0.15, 0.2) is 4.34 Å². The topological polar surface area (TPSA) is 64.1 Å². The van der Waals surface area contributed by atoms with Crippen LogP contribution in [-0.4, -0.2) is 33.6 Å². The summed E-state index contributed by atoms with van der Waals surface area (Å²) in [7, 11) is 0. The zero-order chi connectivity index (χ0) is 11.8. The molecule has 2 aliphatic rings. The molecule has 17 heavy (non-hydrogen) atoms. The van der Waals surface area contributed by atoms with Gasteiger partial charge in [-0.25, -0.2) is 0 Å². The van der Waals surface area contributed by atoms with Crippen molar-refractivity contribution in [3.05, 3.63) is 0 Å². The molecule has 1 aromatic rings. The summed E-state index contributed by atoms with van der Waals surface area (Å²) in [4.78, 5) is 11.5. The van der Waals surface area contributed by atoms with Crippen molar-refractivity contribution in [3.63, 3.8) is 0 Å². The van der Waals surface area contributed by atoms with Gasteiger partial charge in [-0.3, -0.25) is 4.79 Å². The molecule has 0 aromatic carbocycles. The normalized spacial score (nSPS) is 28.2. The Morgan fingerprint density at radius 1 is 1.47 bits per heavy atom. The van der Waals surface area contributed by atoms with E-state index in [-0.39, 0.29) is 17.3 Å². The fourth-order valence-electron chi connectivity index (χ4n) is 1.66. The van der Waals surface area contributed by atoms with Gasteiger partial charge in [-0.1, -0.05) is 23.1 Å². The highest BCUT2D eigenvalue weighted by Crippen LogP contribution is 2.36. The van der Waals surface area contributed by atoms with E-state index in [2.05, 4.69) is 15.5 Å². The molecular formula is C10H13N3O2S2. The van der Waals surface area contributed by atoms with E-state index < -0.39 is 0 Å². The molecule has 2 heterocycles. The van der Waals surface area contributed by atoms with Gasteiger partial charge in [-0.05, 0) is 19.8 Å². The van der Waals surface area contributed by atoms with E-state index in [0.29, 0.717) is 6.04 Å². The molecule has 0 amide bonds. The molecule has 1 saturated heterocycles. The van der Waals surface area contributed by atoms with Crippen LogP contribution in [0.25, 0.3) is 0 Å². The molecule has 3 rings (SSSR count). The first-order valence-electron chi connectivity index (χ1n) is 5.68. The van der Waals surface area contributed by atoms with Crippen LogP contribution >= 0.6 is 23.1 Å². The average Bonchev–Trinajstić information content (AvgIpc) is 2.88. The summed E-state index contributed by atoms with van der Waals surface area (Å²) < 4.78 is 5.95. The van der Waals surface area contributed by atoms with E-state index >= 15 is 0 Å². The number of nitrogens with one attached hydrogen (secondary N) is 1. The van der Waals surface area contributed by atoms with Crippen LogP contribution in [0.4, 0.5) is 5.13 Å². The molecule has 1 saturated carbocycles. The number of hydrogen-bond acceptors (Lipinski definition) is 7. The number of thioether (sulfide) groups is 1. The standard InChI is InChI=1S/C10H13N3O2S2/c1-5-4-7(8(14)15-5)16-10-13-12-9(17-10)11-6-2-3-6/h5-7H,2-4H2,1H3,(H,11,12). The fraction of sp³-hybridized carbons (Fsp3) is 0.700. The van der Waals surface area contributed by atoms with Gasteiger partial charge in [0, 0.05) is 12.5 Å². The van der Waals surface area contributed by atoms with Crippen molar-refractivity contribution < 1.29 is 9.53 Å². The number of carbonyl (C=O) groups is 1. The molecule has 92 valence electrons. The van der Waals surface area contributed by atoms with Gasteiger partial charge in [0.1, 0.15) is 11.4 Å². The maximum Gasteiger partial charge on any atom is 0.319 e. The molecule has 2 unspecified atom stereocenters. The van der Waals surface area contributed by atoms with E-state index in [4.69, 9.17) is 4.74 Å². The van der Waals surface area contributed by atoms with Crippen LogP contribution in [0.15, 0.2) is 4.34 Å². The SMILES string of the molecule is CC1CC(Sc2nnc(NC3CC3)s2)C(=O)O1. The van der Waals surface area contributed by atoms with E-state index in [9.17, 15) is 4.79 Å². The van der Waals surface area contributed by atoms with Crippen LogP contribution in [0.5, 0.6) is 0 Å². The first-order valence-corrected chi connectivity index (χ1v) is 7.37. The zero-order valence-corrected chi connectivity index (χ0v) is 11.0. The lowest BCUT2D eigenvalue weighted by atomic mass is 10.3. The van der Waals surface area contributed by atoms with Gasteiger partial charge in [0.05, 0.1) is 0 Å². The summed E-state index contributed by atoms with van der Waals surface area (Å²) in [5.41, 5.74) is 0. The molecule has 7 heteroatoms. The van der Waals surface area contributed by atoms with Gasteiger partial charge in [0.2, 0.25) is 5.13 Å². The Kier molecular flexibility index (Phi) is 2.96. The Balaban J connectivity index is 1.60. The second-order valence-electron chi connectivity index (χ2n) is 4.38. The molecule has 1 N–H and O–H groups in total. The van der Waals surface area contributed by atoms with Crippen molar-refractivity contribution >= 4 is 34.2 Å². The number of rotatable bonds is 4. The summed E-state index contributed by atoms with van der Waals surface area (Å²) in [5.74, 6) is -0.130. The van der Waals surface area contributed by atoms with E-state index in [0.717, 1.165) is 15.9 Å². The van der Waals surface area contributed by atoms with Gasteiger partial charge < -0.3 is 10.1 Å². The number of anilines is 1. The lowest BCUT2D eigenvalue weighted by Crippen LogP contribution is -2.08. The molecule has 5 nitrogen and oxygen atoms in total. The van der Waals surface area contributed by atoms with E-state index in [1.165, 1.54) is 35.9 Å². The van der Waals surface area contributed by atoms with Crippen molar-refractivity contribution in [2.24, 2.45) is 0 Å². The van der Waals surface area contributed by atoms with Crippen LogP contribution < -0.4 is 5.32 Å². The highest BCUT2D eigenvalue weighted by atomic mass is 32.2. The smallest absolute Gasteiger partial charge is 0.319 e. The summed E-state index contributed by atoms with van der Waals surface area (Å²) in [5, 5.41) is 12.2. The number of cyclic esters (lactones) is 1. The summed E-state index contributed by atoms with van der Waals surface area (Å²) in [6.07, 6.45) is 3.22. The van der Waals surface area contributed by atoms with Crippen molar-refractivity contribution in [2.45, 2.75) is 47.9 Å². The Morgan fingerprint density at radius 2 is 2.29 bits per heavy atom. The molecule has 1 aliphatic carbocycles. The Labute approximate surface area is 107 Å². The summed E-state index contributed by atoms with van der Waals surface area (Å²) >= 11 is 2.97. The number of carbonyl (C=O) groups excluding carboxylic acids is 1. The highest BCUT2D eigenvalue weighted by molar-refractivity contribution is 8.02. The second kappa shape index (κ2) is 4.45. The number of ether oxygens (including phenoxy) is 1. The second-order valence-corrected chi connectivity index (χ2v) is 6.81. The average molecular weight is 271 g/mol. The van der Waals surface area contributed by atoms with Crippen molar-refractivity contribution in [2.75, 3.05) is 5.32 Å². The fourth-order valence-corrected chi connectivity index (χ4v) is 3.84. The van der Waals surface area contributed by atoms with Gasteiger partial charge >= 0.3 is 5.97 Å². The largest absolute Gasteiger partial charge is 0.462 e. The maximum absolute atomic E-state index is 11.5. The van der Waals surface area contributed by atoms with Crippen LogP contribution in [0.2, 0.25) is 0 Å². The molecule has 1 aliphatic heterocycles. The first kappa shape index (κ1) is 11.3. The molecule has 0 radical (unpaired) electrons. The van der Waals surface area contributed by atoms with Crippen molar-refractivity contribution in [1.82, 2.24) is 10.2 Å². The van der Waals surface area contributed by atoms with Crippen LogP contribution in [0.1, 0.15) is 26.2 Å². The van der Waals surface area contributed by atoms with Gasteiger partial charge in [-0.15, -0.1) is 10.2 Å². The number of aromatic nitrogens is 2. The van der Waals surface area contributed by atoms with Crippen LogP contribution in [0, 0.1) is 0 Å². The van der Waals surface area contributed by atoms with E-state index in [1.807, 2.05) is 6.92 Å². The van der Waals surface area contributed by atoms with Gasteiger partial charge in [-0.2, -0.15) is 0 Å². The van der Waals surface area contributed by atoms with Crippen LogP contribution in [-0.2, 0) is 9.53 Å². The minimum atomic E-state index is -0.130. The maximum atomic E-state index is 11.5. The Morgan fingerprint density at radius 3 is 2.94 bits per heavy atom. The number of nitrogens with zero attached hydrogens (tertiary/aromatic N) is 2. The number of esters is 1. The van der Waals surface area contributed by atoms with E-state index in [1.54, 1.807) is 0 Å². The monoisotopic (exact) mass is 271 g/mol. The lowest BCUT2D eigenvalue weighted by molar-refractivity contribution is -0.140. The van der Waals surface area contributed by atoms with Crippen molar-refractivity contribution in [1.29, 1.82) is 0 Å². The predicted molar refractivity (Wildman–Crippen MR) is 66.4 cm³/mol. The third-order valence-electron chi connectivity index (χ3n) is 2.68. The number of hydrogen-bond donors (Lipinski definition) is 1. The summed E-state index contributed by atoms with van der Waals surface area (Å²) in [6.45, 7) is 1.92. The van der Waals surface area contributed by atoms with Gasteiger partial charge in [0.25, 0.3) is 0 Å². The minimum Gasteiger partial charge on any atom is -0.462 e. The molecule has 2 atom stereocenters.